The number of nitro benzene ring substituents is 1. The van der Waals surface area contributed by atoms with E-state index in [9.17, 15) is 14.9 Å². The third-order valence-electron chi connectivity index (χ3n) is 3.64. The number of rotatable bonds is 7. The molecule has 0 bridgehead atoms. The molecule has 2 N–H and O–H groups in total. The van der Waals surface area contributed by atoms with Crippen molar-refractivity contribution in [1.29, 1.82) is 5.26 Å². The summed E-state index contributed by atoms with van der Waals surface area (Å²) in [6.45, 7) is 2.00. The van der Waals surface area contributed by atoms with Gasteiger partial charge in [0.15, 0.2) is 4.34 Å². The van der Waals surface area contributed by atoms with Crippen molar-refractivity contribution < 1.29 is 9.72 Å². The van der Waals surface area contributed by atoms with E-state index in [0.29, 0.717) is 9.47 Å². The molecule has 1 amide bonds. The van der Waals surface area contributed by atoms with E-state index < -0.39 is 4.92 Å². The third-order valence-corrected chi connectivity index (χ3v) is 5.62. The van der Waals surface area contributed by atoms with Crippen LogP contribution in [0.15, 0.2) is 46.8 Å². The van der Waals surface area contributed by atoms with E-state index in [-0.39, 0.29) is 28.6 Å². The predicted molar refractivity (Wildman–Crippen MR) is 112 cm³/mol. The molecule has 0 unspecified atom stereocenters. The number of carbonyl (C=O) groups excluding carboxylic acids is 1. The lowest BCUT2D eigenvalue weighted by Crippen LogP contribution is -2.15. The molecule has 0 aliphatic carbocycles. The highest BCUT2D eigenvalue weighted by molar-refractivity contribution is 8.01. The summed E-state index contributed by atoms with van der Waals surface area (Å²) in [5.41, 5.74) is 2.09. The first-order valence-corrected chi connectivity index (χ1v) is 10.0. The highest BCUT2D eigenvalue weighted by Crippen LogP contribution is 2.28. The Balaban J connectivity index is 1.56. The molecule has 3 aromatic rings. The Morgan fingerprint density at radius 1 is 1.28 bits per heavy atom. The molecule has 11 heteroatoms. The number of anilines is 3. The highest BCUT2D eigenvalue weighted by atomic mass is 32.2. The molecule has 0 spiro atoms. The van der Waals surface area contributed by atoms with Crippen LogP contribution in [0.4, 0.5) is 22.2 Å². The maximum Gasteiger partial charge on any atom is 0.270 e. The van der Waals surface area contributed by atoms with Gasteiger partial charge >= 0.3 is 0 Å². The first-order valence-electron chi connectivity index (χ1n) is 8.23. The van der Waals surface area contributed by atoms with Crippen LogP contribution in [0.2, 0.25) is 0 Å². The number of nitrogens with zero attached hydrogens (tertiary/aromatic N) is 4. The molecule has 1 heterocycles. The third kappa shape index (κ3) is 5.50. The number of aryl methyl sites for hydroxylation is 1. The molecule has 146 valence electrons. The Kier molecular flexibility index (Phi) is 6.38. The van der Waals surface area contributed by atoms with Crippen molar-refractivity contribution in [2.24, 2.45) is 0 Å². The average Bonchev–Trinajstić information content (AvgIpc) is 3.15. The quantitative estimate of drug-likeness (QED) is 0.328. The van der Waals surface area contributed by atoms with Crippen molar-refractivity contribution in [3.8, 4) is 6.07 Å². The number of hydrogen-bond acceptors (Lipinski definition) is 9. The number of non-ortho nitro benzene ring substituents is 1. The Hall–Kier alpha value is -3.49. The lowest BCUT2D eigenvalue weighted by atomic mass is 10.1. The summed E-state index contributed by atoms with van der Waals surface area (Å²) in [5, 5.41) is 34.3. The van der Waals surface area contributed by atoms with Crippen molar-refractivity contribution in [1.82, 2.24) is 10.2 Å². The van der Waals surface area contributed by atoms with E-state index in [1.54, 1.807) is 0 Å². The van der Waals surface area contributed by atoms with Gasteiger partial charge in [-0.3, -0.25) is 14.9 Å². The molecule has 2 aromatic carbocycles. The number of aromatic nitrogens is 2. The molecule has 0 aliphatic heterocycles. The lowest BCUT2D eigenvalue weighted by molar-refractivity contribution is -0.384. The predicted octanol–water partition coefficient (Wildman–Crippen LogP) is 4.10. The minimum Gasteiger partial charge on any atom is -0.330 e. The van der Waals surface area contributed by atoms with Crippen LogP contribution in [0.3, 0.4) is 0 Å². The molecule has 0 fully saturated rings. The molecule has 0 atom stereocenters. The van der Waals surface area contributed by atoms with Crippen molar-refractivity contribution >= 4 is 51.2 Å². The van der Waals surface area contributed by atoms with Crippen LogP contribution < -0.4 is 10.6 Å². The Morgan fingerprint density at radius 2 is 2.03 bits per heavy atom. The zero-order valence-electron chi connectivity index (χ0n) is 15.1. The van der Waals surface area contributed by atoms with Gasteiger partial charge in [-0.1, -0.05) is 40.8 Å². The molecule has 9 nitrogen and oxygen atoms in total. The van der Waals surface area contributed by atoms with Crippen LogP contribution in [-0.2, 0) is 4.79 Å². The highest BCUT2D eigenvalue weighted by Gasteiger charge is 2.14. The molecule has 0 saturated heterocycles. The van der Waals surface area contributed by atoms with Crippen LogP contribution in [-0.4, -0.2) is 26.8 Å². The summed E-state index contributed by atoms with van der Waals surface area (Å²) in [6.07, 6.45) is 0. The fourth-order valence-corrected chi connectivity index (χ4v) is 3.81. The molecule has 0 radical (unpaired) electrons. The van der Waals surface area contributed by atoms with E-state index in [2.05, 4.69) is 20.8 Å². The molecular formula is C18H14N6O3S2. The average molecular weight is 426 g/mol. The van der Waals surface area contributed by atoms with Gasteiger partial charge < -0.3 is 10.6 Å². The maximum absolute atomic E-state index is 12.2. The van der Waals surface area contributed by atoms with Gasteiger partial charge in [-0.2, -0.15) is 5.26 Å². The number of carbonyl (C=O) groups is 1. The first kappa shape index (κ1) is 20.2. The summed E-state index contributed by atoms with van der Waals surface area (Å²) < 4.78 is 0.610. The second kappa shape index (κ2) is 9.13. The number of nitro groups is 1. The second-order valence-electron chi connectivity index (χ2n) is 5.80. The first-order chi connectivity index (χ1) is 13.9. The Labute approximate surface area is 173 Å². The van der Waals surface area contributed by atoms with Gasteiger partial charge in [-0.15, -0.1) is 10.2 Å². The standard InChI is InChI=1S/C18H14N6O3S2/c1-11-2-4-13(5-3-11)20-17-22-23-18(29-17)28-10-16(25)21-15-7-6-14(24(26)27)8-12(15)9-19/h2-8H,10H2,1H3,(H,20,22)(H,21,25). The van der Waals surface area contributed by atoms with E-state index >= 15 is 0 Å². The number of benzene rings is 2. The van der Waals surface area contributed by atoms with Crippen molar-refractivity contribution in [3.63, 3.8) is 0 Å². The Morgan fingerprint density at radius 3 is 2.72 bits per heavy atom. The van der Waals surface area contributed by atoms with E-state index in [0.717, 1.165) is 17.3 Å². The number of hydrogen-bond donors (Lipinski definition) is 2. The number of nitrogens with one attached hydrogen (secondary N) is 2. The minimum atomic E-state index is -0.597. The number of nitriles is 1. The van der Waals surface area contributed by atoms with Gasteiger partial charge in [0.1, 0.15) is 6.07 Å². The van der Waals surface area contributed by atoms with Crippen molar-refractivity contribution in [2.75, 3.05) is 16.4 Å². The van der Waals surface area contributed by atoms with Crippen molar-refractivity contribution in [2.45, 2.75) is 11.3 Å². The fraction of sp³-hybridized carbons (Fsp3) is 0.111. The molecule has 29 heavy (non-hydrogen) atoms. The Bertz CT molecular complexity index is 1090. The molecule has 0 saturated carbocycles. The summed E-state index contributed by atoms with van der Waals surface area (Å²) in [7, 11) is 0. The van der Waals surface area contributed by atoms with Crippen molar-refractivity contribution in [3.05, 3.63) is 63.7 Å². The van der Waals surface area contributed by atoms with E-state index in [1.807, 2.05) is 37.3 Å². The van der Waals surface area contributed by atoms with Crippen LogP contribution in [0.5, 0.6) is 0 Å². The summed E-state index contributed by atoms with van der Waals surface area (Å²) >= 11 is 2.52. The van der Waals surface area contributed by atoms with Gasteiger partial charge in [0, 0.05) is 17.8 Å². The van der Waals surface area contributed by atoms with Gasteiger partial charge in [-0.25, -0.2) is 0 Å². The smallest absolute Gasteiger partial charge is 0.270 e. The van der Waals surface area contributed by atoms with E-state index in [1.165, 1.54) is 35.2 Å². The maximum atomic E-state index is 12.2. The van der Waals surface area contributed by atoms with Gasteiger partial charge in [0.2, 0.25) is 11.0 Å². The van der Waals surface area contributed by atoms with Crippen LogP contribution in [0, 0.1) is 28.4 Å². The summed E-state index contributed by atoms with van der Waals surface area (Å²) in [4.78, 5) is 22.4. The zero-order chi connectivity index (χ0) is 20.8. The molecular weight excluding hydrogens is 412 g/mol. The van der Waals surface area contributed by atoms with Crippen LogP contribution in [0.25, 0.3) is 0 Å². The topological polar surface area (TPSA) is 134 Å². The molecule has 3 rings (SSSR count). The molecule has 1 aromatic heterocycles. The van der Waals surface area contributed by atoms with Crippen LogP contribution in [0.1, 0.15) is 11.1 Å². The zero-order valence-corrected chi connectivity index (χ0v) is 16.7. The number of thioether (sulfide) groups is 1. The normalized spacial score (nSPS) is 10.2. The SMILES string of the molecule is Cc1ccc(Nc2nnc(SCC(=O)Nc3ccc([N+](=O)[O-])cc3C#N)s2)cc1. The fourth-order valence-electron chi connectivity index (χ4n) is 2.24. The van der Waals surface area contributed by atoms with Crippen LogP contribution >= 0.6 is 23.1 Å². The van der Waals surface area contributed by atoms with Gasteiger partial charge in [0.25, 0.3) is 5.69 Å². The summed E-state index contributed by atoms with van der Waals surface area (Å²) in [6, 6.07) is 13.4. The monoisotopic (exact) mass is 426 g/mol. The van der Waals surface area contributed by atoms with E-state index in [4.69, 9.17) is 5.26 Å². The van der Waals surface area contributed by atoms with Gasteiger partial charge in [0.05, 0.1) is 21.9 Å². The lowest BCUT2D eigenvalue weighted by Gasteiger charge is -2.06. The molecule has 0 aliphatic rings. The minimum absolute atomic E-state index is 0.0260. The largest absolute Gasteiger partial charge is 0.330 e. The number of amides is 1. The second-order valence-corrected chi connectivity index (χ2v) is 8.00. The van der Waals surface area contributed by atoms with Gasteiger partial charge in [-0.05, 0) is 25.1 Å². The summed E-state index contributed by atoms with van der Waals surface area (Å²) in [5.74, 6) is -0.301.